The fourth-order valence-corrected chi connectivity index (χ4v) is 3.43. The van der Waals surface area contributed by atoms with Crippen LogP contribution in [0.2, 0.25) is 0 Å². The van der Waals surface area contributed by atoms with Gasteiger partial charge in [0.2, 0.25) is 5.91 Å². The number of carbonyl (C=O) groups excluding carboxylic acids is 3. The van der Waals surface area contributed by atoms with Gasteiger partial charge in [0.1, 0.15) is 12.6 Å². The van der Waals surface area contributed by atoms with Gasteiger partial charge < -0.3 is 24.9 Å². The van der Waals surface area contributed by atoms with Crippen molar-refractivity contribution in [1.82, 2.24) is 10.2 Å². The summed E-state index contributed by atoms with van der Waals surface area (Å²) >= 11 is 0. The first-order valence-corrected chi connectivity index (χ1v) is 9.57. The average Bonchev–Trinajstić information content (AvgIpc) is 3.23. The third-order valence-corrected chi connectivity index (χ3v) is 4.89. The van der Waals surface area contributed by atoms with Crippen molar-refractivity contribution >= 4 is 18.0 Å². The molecule has 2 aromatic rings. The van der Waals surface area contributed by atoms with Crippen molar-refractivity contribution in [2.75, 3.05) is 6.54 Å². The zero-order valence-corrected chi connectivity index (χ0v) is 16.0. The molecule has 0 bridgehead atoms. The Balaban J connectivity index is 1.69. The molecule has 1 saturated heterocycles. The van der Waals surface area contributed by atoms with Gasteiger partial charge in [0.15, 0.2) is 0 Å². The van der Waals surface area contributed by atoms with E-state index in [1.54, 1.807) is 0 Å². The second kappa shape index (κ2) is 9.73. The number of carboxylic acids is 1. The second-order valence-corrected chi connectivity index (χ2v) is 6.96. The monoisotopic (exact) mass is 395 g/mol. The molecule has 0 radical (unpaired) electrons. The van der Waals surface area contributed by atoms with Gasteiger partial charge in [0.05, 0.1) is 12.0 Å². The standard InChI is InChI=1S/C22H24N2O5/c25-20(24-13-7-12-19(24)21(26)27)18(14-16-8-3-1-4-9-16)23-22(28)29-15-17-10-5-2-6-11-17/h1-6,8-11,18-19H,7,12-15H2,(H,23,28)(H,26,27)/p-1/t18-,19-/m1/s1. The molecule has 152 valence electrons. The highest BCUT2D eigenvalue weighted by molar-refractivity contribution is 5.89. The lowest BCUT2D eigenvalue weighted by Crippen LogP contribution is -2.54. The summed E-state index contributed by atoms with van der Waals surface area (Å²) < 4.78 is 5.23. The smallest absolute Gasteiger partial charge is 0.408 e. The molecule has 1 heterocycles. The Morgan fingerprint density at radius 3 is 2.28 bits per heavy atom. The quantitative estimate of drug-likeness (QED) is 0.761. The molecule has 7 nitrogen and oxygen atoms in total. The number of nitrogens with one attached hydrogen (secondary N) is 1. The van der Waals surface area contributed by atoms with Crippen LogP contribution in [0.25, 0.3) is 0 Å². The fraction of sp³-hybridized carbons (Fsp3) is 0.318. The molecular formula is C22H23N2O5-. The number of aliphatic carboxylic acids is 1. The molecule has 0 saturated carbocycles. The highest BCUT2D eigenvalue weighted by Crippen LogP contribution is 2.19. The molecule has 2 aromatic carbocycles. The van der Waals surface area contributed by atoms with E-state index in [0.29, 0.717) is 19.4 Å². The van der Waals surface area contributed by atoms with Gasteiger partial charge in [-0.2, -0.15) is 0 Å². The molecule has 7 heteroatoms. The Bertz CT molecular complexity index is 841. The number of rotatable bonds is 7. The van der Waals surface area contributed by atoms with Gasteiger partial charge in [-0.3, -0.25) is 4.79 Å². The van der Waals surface area contributed by atoms with Crippen molar-refractivity contribution in [3.8, 4) is 0 Å². The molecule has 0 spiro atoms. The minimum Gasteiger partial charge on any atom is -0.548 e. The Hall–Kier alpha value is -3.35. The molecule has 3 rings (SSSR count). The largest absolute Gasteiger partial charge is 0.548 e. The van der Waals surface area contributed by atoms with Crippen molar-refractivity contribution in [3.05, 3.63) is 71.8 Å². The molecule has 0 unspecified atom stereocenters. The van der Waals surface area contributed by atoms with Crippen LogP contribution in [0, 0.1) is 0 Å². The van der Waals surface area contributed by atoms with Crippen LogP contribution in [0.15, 0.2) is 60.7 Å². The maximum atomic E-state index is 13.0. The topological polar surface area (TPSA) is 98.8 Å². The molecule has 29 heavy (non-hydrogen) atoms. The minimum absolute atomic E-state index is 0.0737. The van der Waals surface area contributed by atoms with Crippen molar-refractivity contribution in [2.24, 2.45) is 0 Å². The minimum atomic E-state index is -1.28. The van der Waals surface area contributed by atoms with E-state index in [1.165, 1.54) is 4.90 Å². The predicted octanol–water partition coefficient (Wildman–Crippen LogP) is 1.26. The molecule has 2 atom stereocenters. The molecule has 2 amide bonds. The zero-order valence-electron chi connectivity index (χ0n) is 16.0. The summed E-state index contributed by atoms with van der Waals surface area (Å²) in [5.41, 5.74) is 1.67. The molecular weight excluding hydrogens is 372 g/mol. The second-order valence-electron chi connectivity index (χ2n) is 6.96. The van der Waals surface area contributed by atoms with Crippen molar-refractivity contribution in [1.29, 1.82) is 0 Å². The van der Waals surface area contributed by atoms with E-state index < -0.39 is 30.1 Å². The SMILES string of the molecule is O=C(N[C@H](Cc1ccccc1)C(=O)N1CCC[C@@H]1C(=O)[O-])OCc1ccccc1. The van der Waals surface area contributed by atoms with Crippen LogP contribution in [0.1, 0.15) is 24.0 Å². The average molecular weight is 395 g/mol. The van der Waals surface area contributed by atoms with Crippen LogP contribution in [0.3, 0.4) is 0 Å². The third kappa shape index (κ3) is 5.57. The number of amides is 2. The number of carboxylic acid groups (broad SMARTS) is 1. The summed E-state index contributed by atoms with van der Waals surface area (Å²) in [6.45, 7) is 0.397. The summed E-state index contributed by atoms with van der Waals surface area (Å²) in [6, 6.07) is 16.5. The van der Waals surface area contributed by atoms with Crippen molar-refractivity contribution in [3.63, 3.8) is 0 Å². The third-order valence-electron chi connectivity index (χ3n) is 4.89. The first kappa shape index (κ1) is 20.4. The lowest BCUT2D eigenvalue weighted by molar-refractivity contribution is -0.310. The van der Waals surface area contributed by atoms with Crippen LogP contribution in [-0.4, -0.2) is 41.5 Å². The Kier molecular flexibility index (Phi) is 6.84. The molecule has 1 aliphatic heterocycles. The van der Waals surface area contributed by atoms with Gasteiger partial charge in [0.25, 0.3) is 0 Å². The van der Waals surface area contributed by atoms with Crippen molar-refractivity contribution < 1.29 is 24.2 Å². The van der Waals surface area contributed by atoms with E-state index in [2.05, 4.69) is 5.32 Å². The Morgan fingerprint density at radius 1 is 1.03 bits per heavy atom. The number of ether oxygens (including phenoxy) is 1. The zero-order chi connectivity index (χ0) is 20.6. The van der Waals surface area contributed by atoms with Gasteiger partial charge in [-0.1, -0.05) is 60.7 Å². The summed E-state index contributed by atoms with van der Waals surface area (Å²) in [4.78, 5) is 38.0. The van der Waals surface area contributed by atoms with E-state index in [-0.39, 0.29) is 13.0 Å². The number of carbonyl (C=O) groups is 3. The molecule has 0 aromatic heterocycles. The molecule has 1 fully saturated rings. The number of nitrogens with zero attached hydrogens (tertiary/aromatic N) is 1. The van der Waals surface area contributed by atoms with Crippen LogP contribution < -0.4 is 10.4 Å². The van der Waals surface area contributed by atoms with E-state index in [4.69, 9.17) is 4.74 Å². The van der Waals surface area contributed by atoms with Crippen LogP contribution in [0.5, 0.6) is 0 Å². The number of likely N-dealkylation sites (tertiary alicyclic amines) is 1. The van der Waals surface area contributed by atoms with Gasteiger partial charge in [0, 0.05) is 13.0 Å². The summed E-state index contributed by atoms with van der Waals surface area (Å²) in [7, 11) is 0. The Labute approximate surface area is 169 Å². The van der Waals surface area contributed by atoms with E-state index in [9.17, 15) is 19.5 Å². The first-order valence-electron chi connectivity index (χ1n) is 9.57. The van der Waals surface area contributed by atoms with Crippen molar-refractivity contribution in [2.45, 2.75) is 38.0 Å². The molecule has 1 N–H and O–H groups in total. The highest BCUT2D eigenvalue weighted by atomic mass is 16.5. The van der Waals surface area contributed by atoms with Gasteiger partial charge >= 0.3 is 6.09 Å². The van der Waals surface area contributed by atoms with Crippen LogP contribution >= 0.6 is 0 Å². The number of benzene rings is 2. The summed E-state index contributed by atoms with van der Waals surface area (Å²) in [5.74, 6) is -1.72. The van der Waals surface area contributed by atoms with E-state index in [1.807, 2.05) is 60.7 Å². The Morgan fingerprint density at radius 2 is 1.66 bits per heavy atom. The maximum Gasteiger partial charge on any atom is 0.408 e. The number of hydrogen-bond acceptors (Lipinski definition) is 5. The van der Waals surface area contributed by atoms with Gasteiger partial charge in [-0.05, 0) is 24.0 Å². The lowest BCUT2D eigenvalue weighted by Gasteiger charge is -2.29. The normalized spacial score (nSPS) is 16.8. The van der Waals surface area contributed by atoms with Crippen LogP contribution in [0.4, 0.5) is 4.79 Å². The maximum absolute atomic E-state index is 13.0. The number of alkyl carbamates (subject to hydrolysis) is 1. The van der Waals surface area contributed by atoms with Gasteiger partial charge in [-0.25, -0.2) is 4.79 Å². The highest BCUT2D eigenvalue weighted by Gasteiger charge is 2.34. The number of hydrogen-bond donors (Lipinski definition) is 1. The van der Waals surface area contributed by atoms with E-state index in [0.717, 1.165) is 11.1 Å². The molecule has 1 aliphatic rings. The lowest BCUT2D eigenvalue weighted by atomic mass is 10.0. The van der Waals surface area contributed by atoms with Gasteiger partial charge in [-0.15, -0.1) is 0 Å². The molecule has 0 aliphatic carbocycles. The predicted molar refractivity (Wildman–Crippen MR) is 103 cm³/mol. The first-order chi connectivity index (χ1) is 14.0. The summed E-state index contributed by atoms with van der Waals surface area (Å²) in [6.07, 6.45) is 0.439. The summed E-state index contributed by atoms with van der Waals surface area (Å²) in [5, 5.41) is 14.0. The fourth-order valence-electron chi connectivity index (χ4n) is 3.43. The van der Waals surface area contributed by atoms with Crippen LogP contribution in [-0.2, 0) is 27.4 Å². The van der Waals surface area contributed by atoms with E-state index >= 15 is 0 Å².